The van der Waals surface area contributed by atoms with Gasteiger partial charge >= 0.3 is 5.97 Å². The lowest BCUT2D eigenvalue weighted by molar-refractivity contribution is 0.0626. The van der Waals surface area contributed by atoms with Crippen LogP contribution in [0.5, 0.6) is 0 Å². The van der Waals surface area contributed by atoms with Gasteiger partial charge in [-0.2, -0.15) is 39.0 Å². The molecule has 20 rings (SSSR count). The van der Waals surface area contributed by atoms with E-state index in [0.717, 1.165) is 160 Å². The second-order valence-electron chi connectivity index (χ2n) is 37.0. The Balaban J connectivity index is 0.000000135. The Morgan fingerprint density at radius 1 is 0.485 bits per heavy atom. The number of ether oxygens (including phenoxy) is 3. The van der Waals surface area contributed by atoms with Gasteiger partial charge in [0.2, 0.25) is 11.6 Å². The maximum absolute atomic E-state index is 13.1. The van der Waals surface area contributed by atoms with Gasteiger partial charge in [-0.15, -0.1) is 0 Å². The molecule has 6 aliphatic rings. The summed E-state index contributed by atoms with van der Waals surface area (Å²) in [7, 11) is -2.57. The number of piperazine rings is 2. The van der Waals surface area contributed by atoms with E-state index in [1.807, 2.05) is 138 Å². The fourth-order valence-corrected chi connectivity index (χ4v) is 20.0. The quantitative estimate of drug-likeness (QED) is 0.00915. The number of fused-ring (bicyclic) bond motifs is 9. The van der Waals surface area contributed by atoms with E-state index in [1.165, 1.54) is 44.0 Å². The summed E-state index contributed by atoms with van der Waals surface area (Å²) in [5.74, 6) is 3.94. The summed E-state index contributed by atoms with van der Waals surface area (Å²) in [5.41, 5.74) is 27.7. The van der Waals surface area contributed by atoms with Crippen molar-refractivity contribution in [3.63, 3.8) is 0 Å². The highest BCUT2D eigenvalue weighted by Gasteiger charge is 2.46. The summed E-state index contributed by atoms with van der Waals surface area (Å²) in [6.45, 7) is 31.1. The molecule has 5 saturated heterocycles. The number of carbonyl (C=O) groups excluding carboxylic acids is 3. The summed E-state index contributed by atoms with van der Waals surface area (Å²) in [5, 5.41) is 37.7. The Kier molecular flexibility index (Phi) is 26.7. The van der Waals surface area contributed by atoms with Crippen molar-refractivity contribution in [3.8, 4) is 67.2 Å². The smallest absolute Gasteiger partial charge is 0.373 e. The standard InChI is InChI=1S/C40H58N6O3Si2.C28H26N10O2.C25H25N7O.C3H3N3O2/c1-9-49-30(2)37-39(44-26-31-15-16-32(23-31)27-44)43-38-35(34-17-18-36(41-24-34)33-13-11-10-12-14-33)25-42-46(38)40(37)45(28-47-19-21-50(3,4)5)29-48-20-22-51(6,7)8;1-16(39)23-24(29)38-26(21(12-33-38)18-7-10-22(30-11-18)17-5-3-2-4-6-17)34-27(23)36-13-19-8-9-20(14-36)37(19)28(40)25-31-15-32-35-25;1-15(33)22-23(26)32-24(30-25(22)31-13-18-8-9-19(14-31)29-18)20(12-28-32)17-7-10-21(27-11-17)16-5-3-2-4-6-16;7-3(8)2-4-1-5-6-2/h10-14,17-18,24-25,31-32H,2,9,15-16,19-23,26-29H2,1,3-8H3;2-7,10-12,15,19-20H,8-9,13-14,29H2,1H3,(H,31,32,35);2-7,10-12,18-19,29H,8-9,13-14,26H2,1H3;1H,(H,7,8)(H,4,5,6). The summed E-state index contributed by atoms with van der Waals surface area (Å²) >= 11 is 0. The number of H-pyrrole nitrogens is 2. The molecule has 682 valence electrons. The van der Waals surface area contributed by atoms with Gasteiger partial charge in [-0.1, -0.05) is 155 Å². The van der Waals surface area contributed by atoms with Gasteiger partial charge in [0.05, 0.1) is 54.4 Å². The second kappa shape index (κ2) is 39.1. The number of aromatic nitrogens is 18. The number of carboxylic acid groups (broad SMARTS) is 1. The number of carbonyl (C=O) groups is 4. The lowest BCUT2D eigenvalue weighted by Crippen LogP contribution is -2.56. The van der Waals surface area contributed by atoms with Gasteiger partial charge in [-0.05, 0) is 108 Å². The number of amides is 1. The van der Waals surface area contributed by atoms with Crippen LogP contribution < -0.4 is 36.4 Å². The van der Waals surface area contributed by atoms with Gasteiger partial charge in [0, 0.05) is 149 Å². The van der Waals surface area contributed by atoms with Gasteiger partial charge < -0.3 is 60.6 Å². The van der Waals surface area contributed by atoms with Crippen LogP contribution in [0.1, 0.15) is 113 Å². The molecule has 5 aliphatic heterocycles. The normalized spacial score (nSPS) is 17.9. The molecule has 1 aliphatic carbocycles. The topological polar surface area (TPSA) is 409 Å². The Morgan fingerprint density at radius 3 is 1.27 bits per heavy atom. The molecule has 8 N–H and O–H groups in total. The van der Waals surface area contributed by atoms with Crippen LogP contribution in [0.4, 0.5) is 34.9 Å². The van der Waals surface area contributed by atoms with Crippen molar-refractivity contribution in [2.75, 3.05) is 104 Å². The fourth-order valence-electron chi connectivity index (χ4n) is 18.5. The minimum absolute atomic E-state index is 0.0467. The van der Waals surface area contributed by atoms with E-state index in [1.54, 1.807) is 23.1 Å². The van der Waals surface area contributed by atoms with Gasteiger partial charge in [0.1, 0.15) is 77.7 Å². The molecular weight excluding hydrogens is 1700 g/mol. The van der Waals surface area contributed by atoms with Crippen molar-refractivity contribution < 1.29 is 38.5 Å². The number of nitrogens with two attached hydrogens (primary N) is 2. The number of pyridine rings is 3. The molecule has 1 saturated carbocycles. The van der Waals surface area contributed by atoms with E-state index in [-0.39, 0.29) is 47.0 Å². The summed E-state index contributed by atoms with van der Waals surface area (Å²) < 4.78 is 24.2. The zero-order valence-corrected chi connectivity index (χ0v) is 77.9. The Labute approximate surface area is 766 Å². The highest BCUT2D eigenvalue weighted by Crippen LogP contribution is 2.45. The molecule has 6 fully saturated rings. The maximum Gasteiger partial charge on any atom is 0.373 e. The van der Waals surface area contributed by atoms with Crippen LogP contribution >= 0.6 is 0 Å². The zero-order valence-electron chi connectivity index (χ0n) is 75.9. The molecule has 0 radical (unpaired) electrons. The fraction of sp³-hybridized carbons (Fsp3) is 0.365. The predicted octanol–water partition coefficient (Wildman–Crippen LogP) is 14.7. The first kappa shape index (κ1) is 90.1. The molecule has 34 nitrogen and oxygen atoms in total. The number of carboxylic acids is 1. The molecule has 132 heavy (non-hydrogen) atoms. The van der Waals surface area contributed by atoms with Crippen LogP contribution in [0.3, 0.4) is 0 Å². The van der Waals surface area contributed by atoms with Gasteiger partial charge in [0.25, 0.3) is 5.91 Å². The number of anilines is 6. The maximum atomic E-state index is 13.1. The van der Waals surface area contributed by atoms with Crippen LogP contribution in [-0.2, 0) is 14.2 Å². The SMILES string of the molecule is C=C(OCC)c1c(N2CC3CCC(C3)C2)nc2c(-c3ccc(-c4ccccc4)nc3)cnn2c1N(COCC[Si](C)(C)C)COCC[Si](C)(C)C.CC(=O)c1c(N2CC3CCC(C2)N3)nc2c(-c3ccc(-c4ccccc4)nc3)cnn2c1N.CC(=O)c1c(N2CC3CCC(C2)N3C(=O)c2ncn[nH]2)nc2c(-c3ccc(-c4ccccc4)nc3)cnn2c1N.O=C(O)c1ncn[nH]1. The first-order valence-electron chi connectivity index (χ1n) is 45.1. The molecule has 14 aromatic rings. The van der Waals surface area contributed by atoms with Crippen molar-refractivity contribution >= 4 is 97.2 Å². The van der Waals surface area contributed by atoms with Gasteiger partial charge in [-0.25, -0.2) is 29.7 Å². The second-order valence-corrected chi connectivity index (χ2v) is 48.2. The highest BCUT2D eigenvalue weighted by molar-refractivity contribution is 6.76. The lowest BCUT2D eigenvalue weighted by Gasteiger charge is -2.41. The first-order chi connectivity index (χ1) is 63.8. The van der Waals surface area contributed by atoms with Crippen molar-refractivity contribution in [2.45, 2.75) is 141 Å². The molecule has 6 atom stereocenters. The zero-order chi connectivity index (χ0) is 92.1. The van der Waals surface area contributed by atoms with Crippen LogP contribution in [0.2, 0.25) is 51.4 Å². The van der Waals surface area contributed by atoms with Gasteiger partial charge in [-0.3, -0.25) is 39.5 Å². The number of rotatable bonds is 27. The molecule has 36 heteroatoms. The van der Waals surface area contributed by atoms with Crippen molar-refractivity contribution in [2.24, 2.45) is 11.8 Å². The third kappa shape index (κ3) is 19.8. The Hall–Kier alpha value is -13.8. The third-order valence-corrected chi connectivity index (χ3v) is 28.5. The molecule has 1 amide bonds. The van der Waals surface area contributed by atoms with Crippen LogP contribution in [0, 0.1) is 11.8 Å². The number of Topliss-reactive ketones (excluding diaryl/α,β-unsaturated/α-hetero) is 2. The van der Waals surface area contributed by atoms with Crippen LogP contribution in [0.15, 0.2) is 184 Å². The van der Waals surface area contributed by atoms with Crippen LogP contribution in [0.25, 0.3) is 89.9 Å². The number of aromatic amines is 2. The molecule has 3 aromatic carbocycles. The number of hydrogen-bond acceptors (Lipinski definition) is 27. The number of benzene rings is 3. The average molecular weight is 1810 g/mol. The number of hydrogen-bond donors (Lipinski definition) is 6. The number of piperidine rings is 1. The first-order valence-corrected chi connectivity index (χ1v) is 52.5. The molecule has 11 aromatic heterocycles. The number of ketones is 2. The number of aromatic carboxylic acids is 1. The molecule has 0 spiro atoms. The summed E-state index contributed by atoms with van der Waals surface area (Å²) in [4.78, 5) is 96.3. The van der Waals surface area contributed by atoms with Crippen LogP contribution in [-0.4, -0.2) is 235 Å². The summed E-state index contributed by atoms with van der Waals surface area (Å²) in [6, 6.07) is 45.4. The Bertz CT molecular complexity index is 6370. The predicted molar refractivity (Wildman–Crippen MR) is 515 cm³/mol. The minimum atomic E-state index is -1.29. The van der Waals surface area contributed by atoms with E-state index in [9.17, 15) is 19.2 Å². The largest absolute Gasteiger partial charge is 0.494 e. The van der Waals surface area contributed by atoms with E-state index in [0.29, 0.717) is 116 Å². The van der Waals surface area contributed by atoms with Crippen molar-refractivity contribution in [1.29, 1.82) is 0 Å². The molecule has 16 heterocycles. The number of nitrogen functional groups attached to an aromatic ring is 2. The monoisotopic (exact) mass is 1810 g/mol. The third-order valence-electron chi connectivity index (χ3n) is 25.1. The number of nitrogens with zero attached hydrogens (tertiary/aromatic N) is 21. The van der Waals surface area contributed by atoms with Crippen molar-refractivity contribution in [3.05, 3.63) is 212 Å². The van der Waals surface area contributed by atoms with E-state index < -0.39 is 22.1 Å². The average Bonchev–Trinajstić information content (AvgIpc) is 1.31. The molecular formula is C96H112N26O8Si2. The summed E-state index contributed by atoms with van der Waals surface area (Å²) in [6.07, 6.45) is 21.2. The van der Waals surface area contributed by atoms with E-state index in [4.69, 9.17) is 55.8 Å². The van der Waals surface area contributed by atoms with E-state index >= 15 is 0 Å². The minimum Gasteiger partial charge on any atom is -0.494 e. The van der Waals surface area contributed by atoms with Crippen molar-refractivity contribution in [1.82, 2.24) is 99.3 Å². The number of nitrogens with one attached hydrogen (secondary N) is 3. The Morgan fingerprint density at radius 2 is 0.886 bits per heavy atom. The highest BCUT2D eigenvalue weighted by atomic mass is 28.3. The van der Waals surface area contributed by atoms with Gasteiger partial charge in [0.15, 0.2) is 34.3 Å². The lowest BCUT2D eigenvalue weighted by atomic mass is 9.98. The van der Waals surface area contributed by atoms with E-state index in [2.05, 4.69) is 146 Å². The molecule has 6 unspecified atom stereocenters. The molecule has 6 bridgehead atoms.